The fourth-order valence-electron chi connectivity index (χ4n) is 2.85. The molecule has 0 aliphatic heterocycles. The Bertz CT molecular complexity index is 904. The molecule has 8 nitrogen and oxygen atoms in total. The molecule has 1 fully saturated rings. The summed E-state index contributed by atoms with van der Waals surface area (Å²) in [5.41, 5.74) is 7.48. The third-order valence-corrected chi connectivity index (χ3v) is 4.41. The van der Waals surface area contributed by atoms with Gasteiger partial charge in [-0.15, -0.1) is 0 Å². The van der Waals surface area contributed by atoms with Crippen LogP contribution in [-0.4, -0.2) is 41.7 Å². The summed E-state index contributed by atoms with van der Waals surface area (Å²) in [6.45, 7) is 3.49. The van der Waals surface area contributed by atoms with Crippen molar-refractivity contribution in [2.24, 2.45) is 0 Å². The Balaban J connectivity index is 1.75. The van der Waals surface area contributed by atoms with Gasteiger partial charge in [-0.25, -0.2) is 9.50 Å². The Kier molecular flexibility index (Phi) is 3.64. The number of nitrogen functional groups attached to an aromatic ring is 1. The van der Waals surface area contributed by atoms with Crippen LogP contribution in [0, 0.1) is 0 Å². The van der Waals surface area contributed by atoms with Gasteiger partial charge in [0.1, 0.15) is 12.3 Å². The zero-order valence-electron chi connectivity index (χ0n) is 14.4. The lowest BCUT2D eigenvalue weighted by Crippen LogP contribution is -2.28. The molecule has 0 aromatic carbocycles. The molecule has 0 saturated heterocycles. The molecule has 3 N–H and O–H groups in total. The zero-order chi connectivity index (χ0) is 17.6. The highest BCUT2D eigenvalue weighted by Gasteiger charge is 2.23. The number of aromatic nitrogens is 5. The van der Waals surface area contributed by atoms with E-state index < -0.39 is 5.60 Å². The van der Waals surface area contributed by atoms with Gasteiger partial charge in [-0.3, -0.25) is 4.68 Å². The van der Waals surface area contributed by atoms with Crippen LogP contribution in [0.2, 0.25) is 0 Å². The van der Waals surface area contributed by atoms with Gasteiger partial charge in [0.25, 0.3) is 0 Å². The lowest BCUT2D eigenvalue weighted by molar-refractivity contribution is 0.0267. The van der Waals surface area contributed by atoms with E-state index in [2.05, 4.69) is 15.2 Å². The van der Waals surface area contributed by atoms with Crippen molar-refractivity contribution in [1.29, 1.82) is 0 Å². The van der Waals surface area contributed by atoms with Crippen molar-refractivity contribution in [2.75, 3.05) is 12.3 Å². The molecule has 0 atom stereocenters. The third kappa shape index (κ3) is 3.05. The molecule has 0 amide bonds. The highest BCUT2D eigenvalue weighted by atomic mass is 16.5. The zero-order valence-corrected chi connectivity index (χ0v) is 14.4. The topological polar surface area (TPSA) is 103 Å². The molecular formula is C17H22N6O2. The SMILES string of the molecule is CC(C)(O)COc1cn2nccc2c(-c2cn(C3CCC3)nc2N)n1. The van der Waals surface area contributed by atoms with E-state index in [1.165, 1.54) is 6.42 Å². The van der Waals surface area contributed by atoms with Crippen molar-refractivity contribution in [3.63, 3.8) is 0 Å². The largest absolute Gasteiger partial charge is 0.474 e. The molecule has 0 spiro atoms. The summed E-state index contributed by atoms with van der Waals surface area (Å²) in [6.07, 6.45) is 8.83. The van der Waals surface area contributed by atoms with Gasteiger partial charge < -0.3 is 15.6 Å². The summed E-state index contributed by atoms with van der Waals surface area (Å²) in [6, 6.07) is 2.30. The number of rotatable bonds is 5. The minimum atomic E-state index is -0.949. The summed E-state index contributed by atoms with van der Waals surface area (Å²) in [5, 5.41) is 18.6. The fourth-order valence-corrected chi connectivity index (χ4v) is 2.85. The van der Waals surface area contributed by atoms with Crippen LogP contribution in [0.15, 0.2) is 24.7 Å². The van der Waals surface area contributed by atoms with Crippen LogP contribution in [0.25, 0.3) is 16.8 Å². The van der Waals surface area contributed by atoms with Crippen LogP contribution in [0.5, 0.6) is 5.88 Å². The van der Waals surface area contributed by atoms with Gasteiger partial charge >= 0.3 is 0 Å². The van der Waals surface area contributed by atoms with E-state index in [1.54, 1.807) is 30.8 Å². The van der Waals surface area contributed by atoms with Crippen LogP contribution in [0.4, 0.5) is 5.82 Å². The number of nitrogens with zero attached hydrogens (tertiary/aromatic N) is 5. The molecular weight excluding hydrogens is 320 g/mol. The predicted octanol–water partition coefficient (Wildman–Crippen LogP) is 2.05. The second kappa shape index (κ2) is 5.73. The molecule has 25 heavy (non-hydrogen) atoms. The molecule has 1 aliphatic carbocycles. The molecule has 132 valence electrons. The highest BCUT2D eigenvalue weighted by Crippen LogP contribution is 2.35. The van der Waals surface area contributed by atoms with Crippen molar-refractivity contribution in [3.05, 3.63) is 24.7 Å². The molecule has 3 aromatic heterocycles. The summed E-state index contributed by atoms with van der Waals surface area (Å²) in [7, 11) is 0. The Labute approximate surface area is 145 Å². The van der Waals surface area contributed by atoms with E-state index in [1.807, 2.05) is 16.9 Å². The second-order valence-electron chi connectivity index (χ2n) is 7.18. The Morgan fingerprint density at radius 3 is 2.84 bits per heavy atom. The van der Waals surface area contributed by atoms with Crippen LogP contribution >= 0.6 is 0 Å². The van der Waals surface area contributed by atoms with Gasteiger partial charge in [0.05, 0.1) is 35.1 Å². The maximum atomic E-state index is 9.87. The van der Waals surface area contributed by atoms with Gasteiger partial charge in [-0.05, 0) is 39.2 Å². The molecule has 1 aliphatic rings. The van der Waals surface area contributed by atoms with Crippen LogP contribution in [-0.2, 0) is 0 Å². The first-order chi connectivity index (χ1) is 11.9. The average Bonchev–Trinajstić information content (AvgIpc) is 3.08. The molecule has 1 saturated carbocycles. The molecule has 3 aromatic rings. The van der Waals surface area contributed by atoms with Gasteiger partial charge in [0, 0.05) is 6.20 Å². The number of ether oxygens (including phenoxy) is 1. The third-order valence-electron chi connectivity index (χ3n) is 4.41. The predicted molar refractivity (Wildman–Crippen MR) is 93.3 cm³/mol. The standard InChI is InChI=1S/C17H22N6O2/c1-17(2,24)10-25-14-9-23-13(6-7-19-23)15(20-14)12-8-22(21-16(12)18)11-4-3-5-11/h6-9,11,24H,3-5,10H2,1-2H3,(H2,18,21). The lowest BCUT2D eigenvalue weighted by Gasteiger charge is -2.25. The monoisotopic (exact) mass is 342 g/mol. The maximum absolute atomic E-state index is 9.87. The highest BCUT2D eigenvalue weighted by molar-refractivity contribution is 5.82. The number of fused-ring (bicyclic) bond motifs is 1. The van der Waals surface area contributed by atoms with Crippen LogP contribution < -0.4 is 10.5 Å². The maximum Gasteiger partial charge on any atom is 0.233 e. The van der Waals surface area contributed by atoms with Crippen molar-refractivity contribution >= 4 is 11.3 Å². The van der Waals surface area contributed by atoms with Gasteiger partial charge in [-0.2, -0.15) is 10.2 Å². The van der Waals surface area contributed by atoms with Crippen molar-refractivity contribution in [1.82, 2.24) is 24.4 Å². The molecule has 0 radical (unpaired) electrons. The average molecular weight is 342 g/mol. The fraction of sp³-hybridized carbons (Fsp3) is 0.471. The smallest absolute Gasteiger partial charge is 0.233 e. The summed E-state index contributed by atoms with van der Waals surface area (Å²) in [4.78, 5) is 4.60. The number of hydrogen-bond donors (Lipinski definition) is 2. The molecule has 0 bridgehead atoms. The normalized spacial score (nSPS) is 15.5. The molecule has 3 heterocycles. The van der Waals surface area contributed by atoms with Crippen molar-refractivity contribution in [2.45, 2.75) is 44.8 Å². The molecule has 4 rings (SSSR count). The quantitative estimate of drug-likeness (QED) is 0.735. The number of hydrogen-bond acceptors (Lipinski definition) is 6. The molecule has 8 heteroatoms. The lowest BCUT2D eigenvalue weighted by atomic mass is 9.93. The first-order valence-corrected chi connectivity index (χ1v) is 8.45. The van der Waals surface area contributed by atoms with Gasteiger partial charge in [0.2, 0.25) is 5.88 Å². The minimum absolute atomic E-state index is 0.128. The molecule has 0 unspecified atom stereocenters. The second-order valence-corrected chi connectivity index (χ2v) is 7.18. The van der Waals surface area contributed by atoms with Crippen molar-refractivity contribution in [3.8, 4) is 17.1 Å². The van der Waals surface area contributed by atoms with Gasteiger partial charge in [0.15, 0.2) is 5.82 Å². The summed E-state index contributed by atoms with van der Waals surface area (Å²) in [5.74, 6) is 0.825. The van der Waals surface area contributed by atoms with Crippen LogP contribution in [0.1, 0.15) is 39.2 Å². The number of aliphatic hydroxyl groups is 1. The first-order valence-electron chi connectivity index (χ1n) is 8.45. The van der Waals surface area contributed by atoms with Crippen molar-refractivity contribution < 1.29 is 9.84 Å². The van der Waals surface area contributed by atoms with E-state index in [0.717, 1.165) is 23.9 Å². The first kappa shape index (κ1) is 15.9. The Morgan fingerprint density at radius 2 is 2.16 bits per heavy atom. The van der Waals surface area contributed by atoms with E-state index in [4.69, 9.17) is 10.5 Å². The van der Waals surface area contributed by atoms with E-state index in [-0.39, 0.29) is 6.61 Å². The minimum Gasteiger partial charge on any atom is -0.474 e. The van der Waals surface area contributed by atoms with Crippen LogP contribution in [0.3, 0.4) is 0 Å². The Morgan fingerprint density at radius 1 is 1.36 bits per heavy atom. The summed E-state index contributed by atoms with van der Waals surface area (Å²) >= 11 is 0. The summed E-state index contributed by atoms with van der Waals surface area (Å²) < 4.78 is 9.28. The van der Waals surface area contributed by atoms with E-state index in [9.17, 15) is 5.11 Å². The van der Waals surface area contributed by atoms with E-state index >= 15 is 0 Å². The Hall–Kier alpha value is -2.61. The van der Waals surface area contributed by atoms with E-state index in [0.29, 0.717) is 23.4 Å². The number of anilines is 1. The van der Waals surface area contributed by atoms with Gasteiger partial charge in [-0.1, -0.05) is 0 Å². The number of nitrogens with two attached hydrogens (primary N) is 1.